The van der Waals surface area contributed by atoms with Crippen molar-refractivity contribution in [3.05, 3.63) is 42.2 Å². The van der Waals surface area contributed by atoms with Gasteiger partial charge in [0.1, 0.15) is 6.34 Å². The van der Waals surface area contributed by atoms with E-state index in [-0.39, 0.29) is 5.69 Å². The van der Waals surface area contributed by atoms with Crippen LogP contribution in [0.5, 0.6) is 0 Å². The Balaban J connectivity index is 2.23. The minimum absolute atomic E-state index is 0.258. The lowest BCUT2D eigenvalue weighted by molar-refractivity contribution is 0.0974. The van der Waals surface area contributed by atoms with Crippen LogP contribution in [-0.4, -0.2) is 27.4 Å². The van der Waals surface area contributed by atoms with Crippen molar-refractivity contribution in [2.24, 2.45) is 5.16 Å². The molecule has 19 heavy (non-hydrogen) atoms. The SMILES string of the molecule is O=C(N/C=N/O)c1nccc2c1[nH]c1ccccc12. The van der Waals surface area contributed by atoms with Crippen LogP contribution in [0.1, 0.15) is 10.5 Å². The third-order valence-electron chi connectivity index (χ3n) is 2.90. The quantitative estimate of drug-likeness (QED) is 0.282. The van der Waals surface area contributed by atoms with E-state index in [4.69, 9.17) is 5.21 Å². The van der Waals surface area contributed by atoms with Crippen molar-refractivity contribution in [1.82, 2.24) is 15.3 Å². The van der Waals surface area contributed by atoms with Gasteiger partial charge in [-0.25, -0.2) is 4.98 Å². The fourth-order valence-corrected chi connectivity index (χ4v) is 2.10. The van der Waals surface area contributed by atoms with E-state index in [0.717, 1.165) is 22.6 Å². The van der Waals surface area contributed by atoms with Crippen LogP contribution < -0.4 is 5.32 Å². The lowest BCUT2D eigenvalue weighted by Crippen LogP contribution is -2.22. The molecule has 0 bridgehead atoms. The van der Waals surface area contributed by atoms with Gasteiger partial charge in [-0.05, 0) is 12.1 Å². The fourth-order valence-electron chi connectivity index (χ4n) is 2.10. The van der Waals surface area contributed by atoms with Gasteiger partial charge in [-0.15, -0.1) is 0 Å². The van der Waals surface area contributed by atoms with Crippen molar-refractivity contribution in [2.75, 3.05) is 0 Å². The highest BCUT2D eigenvalue weighted by Gasteiger charge is 2.14. The van der Waals surface area contributed by atoms with Gasteiger partial charge in [-0.3, -0.25) is 4.79 Å². The molecular formula is C13H10N4O2. The number of amides is 1. The van der Waals surface area contributed by atoms with Crippen LogP contribution in [0.3, 0.4) is 0 Å². The molecule has 0 atom stereocenters. The Bertz CT molecular complexity index is 792. The summed E-state index contributed by atoms with van der Waals surface area (Å²) in [5.41, 5.74) is 1.86. The zero-order valence-corrected chi connectivity index (χ0v) is 9.79. The molecule has 0 radical (unpaired) electrons. The number of H-pyrrole nitrogens is 1. The summed E-state index contributed by atoms with van der Waals surface area (Å²) >= 11 is 0. The molecule has 3 rings (SSSR count). The molecule has 0 saturated heterocycles. The summed E-state index contributed by atoms with van der Waals surface area (Å²) in [6.07, 6.45) is 2.49. The van der Waals surface area contributed by atoms with E-state index in [0.29, 0.717) is 5.52 Å². The number of fused-ring (bicyclic) bond motifs is 3. The van der Waals surface area contributed by atoms with Crippen LogP contribution in [0.15, 0.2) is 41.7 Å². The molecule has 0 aliphatic heterocycles. The van der Waals surface area contributed by atoms with Gasteiger partial charge in [0.2, 0.25) is 0 Å². The number of aromatic amines is 1. The third-order valence-corrected chi connectivity index (χ3v) is 2.90. The smallest absolute Gasteiger partial charge is 0.277 e. The van der Waals surface area contributed by atoms with E-state index in [1.54, 1.807) is 6.20 Å². The molecule has 2 aromatic heterocycles. The van der Waals surface area contributed by atoms with Crippen molar-refractivity contribution < 1.29 is 10.0 Å². The predicted octanol–water partition coefficient (Wildman–Crippen LogP) is 1.86. The fraction of sp³-hybridized carbons (Fsp3) is 0. The van der Waals surface area contributed by atoms with E-state index in [1.165, 1.54) is 0 Å². The molecule has 0 fully saturated rings. The predicted molar refractivity (Wildman–Crippen MR) is 71.3 cm³/mol. The van der Waals surface area contributed by atoms with Crippen molar-refractivity contribution in [3.63, 3.8) is 0 Å². The van der Waals surface area contributed by atoms with Crippen molar-refractivity contribution in [1.29, 1.82) is 0 Å². The minimum atomic E-state index is -0.435. The van der Waals surface area contributed by atoms with Gasteiger partial charge in [0, 0.05) is 22.5 Å². The second-order valence-electron chi connectivity index (χ2n) is 3.97. The van der Waals surface area contributed by atoms with E-state index < -0.39 is 5.91 Å². The maximum atomic E-state index is 11.9. The number of hydrogen-bond acceptors (Lipinski definition) is 4. The zero-order chi connectivity index (χ0) is 13.2. The lowest BCUT2D eigenvalue weighted by Gasteiger charge is -1.99. The highest BCUT2D eigenvalue weighted by atomic mass is 16.4. The Hall–Kier alpha value is -2.89. The van der Waals surface area contributed by atoms with Crippen LogP contribution in [0.25, 0.3) is 21.8 Å². The number of nitrogens with one attached hydrogen (secondary N) is 2. The Morgan fingerprint density at radius 3 is 3.00 bits per heavy atom. The molecule has 6 nitrogen and oxygen atoms in total. The number of aromatic nitrogens is 2. The largest absolute Gasteiger partial charge is 0.410 e. The van der Waals surface area contributed by atoms with Gasteiger partial charge in [-0.1, -0.05) is 23.4 Å². The number of carbonyl (C=O) groups excluding carboxylic acids is 1. The lowest BCUT2D eigenvalue weighted by atomic mass is 10.1. The number of benzene rings is 1. The molecule has 1 amide bonds. The summed E-state index contributed by atoms with van der Waals surface area (Å²) in [7, 11) is 0. The summed E-state index contributed by atoms with van der Waals surface area (Å²) < 4.78 is 0. The van der Waals surface area contributed by atoms with E-state index in [2.05, 4.69) is 20.4 Å². The average molecular weight is 254 g/mol. The van der Waals surface area contributed by atoms with Crippen molar-refractivity contribution >= 4 is 34.1 Å². The molecule has 1 aromatic carbocycles. The molecule has 6 heteroatoms. The Labute approximate surface area is 107 Å². The number of carbonyl (C=O) groups is 1. The second-order valence-corrected chi connectivity index (χ2v) is 3.97. The van der Waals surface area contributed by atoms with Crippen molar-refractivity contribution in [2.45, 2.75) is 0 Å². The van der Waals surface area contributed by atoms with Gasteiger partial charge in [0.15, 0.2) is 5.69 Å². The first-order valence-electron chi connectivity index (χ1n) is 5.63. The van der Waals surface area contributed by atoms with Crippen LogP contribution in [-0.2, 0) is 0 Å². The number of nitrogens with zero attached hydrogens (tertiary/aromatic N) is 2. The number of oxime groups is 1. The molecule has 3 N–H and O–H groups in total. The van der Waals surface area contributed by atoms with Crippen LogP contribution in [0.4, 0.5) is 0 Å². The minimum Gasteiger partial charge on any atom is -0.410 e. The number of hydrogen-bond donors (Lipinski definition) is 3. The first-order valence-corrected chi connectivity index (χ1v) is 5.63. The second kappa shape index (κ2) is 4.41. The summed E-state index contributed by atoms with van der Waals surface area (Å²) in [5.74, 6) is -0.435. The average Bonchev–Trinajstić information content (AvgIpc) is 2.83. The summed E-state index contributed by atoms with van der Waals surface area (Å²) in [6.45, 7) is 0. The monoisotopic (exact) mass is 254 g/mol. The molecule has 3 aromatic rings. The molecule has 2 heterocycles. The molecule has 0 aliphatic rings. The Morgan fingerprint density at radius 2 is 2.16 bits per heavy atom. The highest BCUT2D eigenvalue weighted by Crippen LogP contribution is 2.26. The van der Waals surface area contributed by atoms with E-state index in [9.17, 15) is 4.79 Å². The summed E-state index contributed by atoms with van der Waals surface area (Å²) in [4.78, 5) is 19.1. The van der Waals surface area contributed by atoms with Crippen LogP contribution in [0, 0.1) is 0 Å². The maximum Gasteiger partial charge on any atom is 0.277 e. The Morgan fingerprint density at radius 1 is 1.32 bits per heavy atom. The van der Waals surface area contributed by atoms with E-state index >= 15 is 0 Å². The molecule has 0 aliphatic carbocycles. The van der Waals surface area contributed by atoms with Crippen LogP contribution >= 0.6 is 0 Å². The van der Waals surface area contributed by atoms with Gasteiger partial charge >= 0.3 is 0 Å². The van der Waals surface area contributed by atoms with Gasteiger partial charge < -0.3 is 15.5 Å². The van der Waals surface area contributed by atoms with Crippen molar-refractivity contribution in [3.8, 4) is 0 Å². The first kappa shape index (κ1) is 11.2. The molecule has 0 saturated carbocycles. The number of pyridine rings is 1. The Kier molecular flexibility index (Phi) is 2.60. The summed E-state index contributed by atoms with van der Waals surface area (Å²) in [5, 5.41) is 15.3. The molecule has 94 valence electrons. The van der Waals surface area contributed by atoms with Gasteiger partial charge in [0.05, 0.1) is 5.52 Å². The summed E-state index contributed by atoms with van der Waals surface area (Å²) in [6, 6.07) is 9.62. The molecular weight excluding hydrogens is 244 g/mol. The standard InChI is InChI=1S/C13H10N4O2/c18-13(15-7-16-19)12-11-9(5-6-14-12)8-3-1-2-4-10(8)17-11/h1-7,17,19H,(H,15,16,18). The third kappa shape index (κ3) is 1.79. The van der Waals surface area contributed by atoms with Gasteiger partial charge in [-0.2, -0.15) is 0 Å². The highest BCUT2D eigenvalue weighted by molar-refractivity contribution is 6.15. The number of rotatable bonds is 2. The number of para-hydroxylation sites is 1. The zero-order valence-electron chi connectivity index (χ0n) is 9.79. The molecule has 0 unspecified atom stereocenters. The normalized spacial score (nSPS) is 11.4. The van der Waals surface area contributed by atoms with Crippen LogP contribution in [0.2, 0.25) is 0 Å². The molecule has 0 spiro atoms. The van der Waals surface area contributed by atoms with Gasteiger partial charge in [0.25, 0.3) is 5.91 Å². The first-order chi connectivity index (χ1) is 9.31. The maximum absolute atomic E-state index is 11.9. The van der Waals surface area contributed by atoms with E-state index in [1.807, 2.05) is 30.3 Å². The topological polar surface area (TPSA) is 90.4 Å².